The summed E-state index contributed by atoms with van der Waals surface area (Å²) in [5.41, 5.74) is 0. The zero-order chi connectivity index (χ0) is 35.5. The summed E-state index contributed by atoms with van der Waals surface area (Å²) in [6.45, 7) is 3.20. The fourth-order valence-corrected chi connectivity index (χ4v) is 4.50. The van der Waals surface area contributed by atoms with Crippen molar-refractivity contribution in [1.82, 2.24) is 10.6 Å². The van der Waals surface area contributed by atoms with E-state index in [2.05, 4.69) is 91.3 Å². The molecule has 0 saturated heterocycles. The highest BCUT2D eigenvalue weighted by Crippen LogP contribution is 2.16. The molecule has 0 aliphatic rings. The fraction of sp³-hybridized carbons (Fsp3) is 0.590. The van der Waals surface area contributed by atoms with Crippen LogP contribution in [0.4, 0.5) is 0 Å². The molecule has 9 heteroatoms. The molecule has 2 unspecified atom stereocenters. The Balaban J connectivity index is 4.15. The maximum absolute atomic E-state index is 12.5. The number of carbonyl (C=O) groups excluding carboxylic acids is 3. The maximum Gasteiger partial charge on any atom is 0.328 e. The van der Waals surface area contributed by atoms with Gasteiger partial charge in [-0.15, -0.1) is 0 Å². The van der Waals surface area contributed by atoms with Crippen molar-refractivity contribution in [3.05, 3.63) is 72.9 Å². The summed E-state index contributed by atoms with van der Waals surface area (Å²) >= 11 is 0. The number of amides is 2. The number of carboxylic acids is 1. The van der Waals surface area contributed by atoms with E-state index in [9.17, 15) is 19.2 Å². The molecule has 0 rings (SSSR count). The third kappa shape index (κ3) is 29.7. The third-order valence-electron chi connectivity index (χ3n) is 7.23. The largest absolute Gasteiger partial charge is 0.480 e. The van der Waals surface area contributed by atoms with Crippen LogP contribution in [0.1, 0.15) is 123 Å². The van der Waals surface area contributed by atoms with Crippen LogP contribution >= 0.6 is 0 Å². The molecule has 0 aromatic carbocycles. The van der Waals surface area contributed by atoms with Gasteiger partial charge in [-0.05, 0) is 77.0 Å². The van der Waals surface area contributed by atoms with Crippen molar-refractivity contribution in [2.24, 2.45) is 0 Å². The van der Waals surface area contributed by atoms with Gasteiger partial charge >= 0.3 is 11.9 Å². The molecule has 0 heterocycles. The SMILES string of the molecule is CC/C=C\C/C=C\C/C=C\C/C=C\C/C=C\C/C=C\CCC(=O)OC(CCCCC)CCCCCC(=O)NCC(=O)NC(CO)C(=O)O. The topological polar surface area (TPSA) is 142 Å². The second-order valence-electron chi connectivity index (χ2n) is 11.6. The van der Waals surface area contributed by atoms with Crippen LogP contribution in [0.25, 0.3) is 0 Å². The monoisotopic (exact) mass is 670 g/mol. The first kappa shape index (κ1) is 44.3. The number of unbranched alkanes of at least 4 members (excludes halogenated alkanes) is 4. The van der Waals surface area contributed by atoms with Gasteiger partial charge in [-0.3, -0.25) is 14.4 Å². The van der Waals surface area contributed by atoms with Gasteiger partial charge in [-0.1, -0.05) is 106 Å². The Labute approximate surface area is 289 Å². The molecule has 0 spiro atoms. The highest BCUT2D eigenvalue weighted by molar-refractivity contribution is 5.87. The second kappa shape index (κ2) is 33.2. The molecule has 4 N–H and O–H groups in total. The zero-order valence-corrected chi connectivity index (χ0v) is 29.5. The van der Waals surface area contributed by atoms with Crippen molar-refractivity contribution in [3.8, 4) is 0 Å². The maximum atomic E-state index is 12.5. The molecule has 270 valence electrons. The van der Waals surface area contributed by atoms with Gasteiger partial charge in [0.15, 0.2) is 0 Å². The lowest BCUT2D eigenvalue weighted by molar-refractivity contribution is -0.149. The van der Waals surface area contributed by atoms with E-state index in [0.717, 1.165) is 83.5 Å². The average Bonchev–Trinajstić information content (AvgIpc) is 3.06. The summed E-state index contributed by atoms with van der Waals surface area (Å²) in [4.78, 5) is 47.1. The minimum absolute atomic E-state index is 0.124. The molecular weight excluding hydrogens is 608 g/mol. The van der Waals surface area contributed by atoms with Crippen molar-refractivity contribution in [1.29, 1.82) is 0 Å². The number of carbonyl (C=O) groups is 4. The average molecular weight is 671 g/mol. The first-order valence-corrected chi connectivity index (χ1v) is 17.8. The number of carboxylic acid groups (broad SMARTS) is 1. The van der Waals surface area contributed by atoms with Crippen LogP contribution < -0.4 is 10.6 Å². The van der Waals surface area contributed by atoms with Crippen LogP contribution in [-0.4, -0.2) is 59.3 Å². The number of aliphatic hydroxyl groups is 1. The summed E-state index contributed by atoms with van der Waals surface area (Å²) in [6.07, 6.45) is 39.8. The highest BCUT2D eigenvalue weighted by atomic mass is 16.5. The summed E-state index contributed by atoms with van der Waals surface area (Å²) in [6, 6.07) is -1.40. The van der Waals surface area contributed by atoms with Crippen molar-refractivity contribution < 1.29 is 34.1 Å². The van der Waals surface area contributed by atoms with E-state index in [0.29, 0.717) is 19.3 Å². The van der Waals surface area contributed by atoms with E-state index in [4.69, 9.17) is 14.9 Å². The quantitative estimate of drug-likeness (QED) is 0.0351. The summed E-state index contributed by atoms with van der Waals surface area (Å²) in [5.74, 6) is -2.51. The van der Waals surface area contributed by atoms with Gasteiger partial charge < -0.3 is 25.6 Å². The van der Waals surface area contributed by atoms with E-state index in [1.807, 2.05) is 6.08 Å². The Hall–Kier alpha value is -3.72. The molecule has 0 aliphatic carbocycles. The lowest BCUT2D eigenvalue weighted by Crippen LogP contribution is -2.47. The number of hydrogen-bond acceptors (Lipinski definition) is 6. The van der Waals surface area contributed by atoms with Crippen molar-refractivity contribution in [3.63, 3.8) is 0 Å². The molecule has 0 aromatic heterocycles. The van der Waals surface area contributed by atoms with Gasteiger partial charge in [-0.25, -0.2) is 4.79 Å². The first-order chi connectivity index (χ1) is 23.3. The minimum Gasteiger partial charge on any atom is -0.480 e. The standard InChI is InChI=1S/C39H62N2O7/c1-3-5-7-8-9-10-11-12-13-14-15-16-17-18-19-20-21-22-27-31-38(45)48-34(28-24-6-4-2)29-25-23-26-30-36(43)40-32-37(44)41-35(33-42)39(46)47/h5,7,9-10,12-13,15-16,18-19,21-22,34-35,42H,3-4,6,8,11,14,17,20,23-33H2,1-2H3,(H,40,43)(H,41,44)(H,46,47)/b7-5-,10-9-,13-12-,16-15-,19-18-,22-21-. The number of aliphatic hydroxyl groups excluding tert-OH is 1. The Morgan fingerprint density at radius 1 is 0.646 bits per heavy atom. The summed E-state index contributed by atoms with van der Waals surface area (Å²) in [7, 11) is 0. The molecule has 0 radical (unpaired) electrons. The van der Waals surface area contributed by atoms with Crippen molar-refractivity contribution in [2.75, 3.05) is 13.2 Å². The Kier molecular flexibility index (Phi) is 30.6. The molecule has 0 bridgehead atoms. The van der Waals surface area contributed by atoms with Gasteiger partial charge in [-0.2, -0.15) is 0 Å². The molecule has 48 heavy (non-hydrogen) atoms. The Bertz CT molecular complexity index is 1040. The highest BCUT2D eigenvalue weighted by Gasteiger charge is 2.19. The number of allylic oxidation sites excluding steroid dienone is 12. The normalized spacial score (nSPS) is 13.4. The molecule has 0 aliphatic heterocycles. The molecule has 0 aromatic rings. The number of hydrogen-bond donors (Lipinski definition) is 4. The molecule has 2 amide bonds. The smallest absolute Gasteiger partial charge is 0.328 e. The van der Waals surface area contributed by atoms with Crippen LogP contribution in [0.2, 0.25) is 0 Å². The van der Waals surface area contributed by atoms with E-state index in [-0.39, 0.29) is 30.9 Å². The Morgan fingerprint density at radius 3 is 1.67 bits per heavy atom. The second-order valence-corrected chi connectivity index (χ2v) is 11.6. The van der Waals surface area contributed by atoms with Crippen LogP contribution in [0.3, 0.4) is 0 Å². The summed E-state index contributed by atoms with van der Waals surface area (Å²) in [5, 5.41) is 22.4. The van der Waals surface area contributed by atoms with Gasteiger partial charge in [0, 0.05) is 12.8 Å². The number of rotatable bonds is 30. The van der Waals surface area contributed by atoms with Crippen LogP contribution in [0.5, 0.6) is 0 Å². The first-order valence-electron chi connectivity index (χ1n) is 17.8. The van der Waals surface area contributed by atoms with Gasteiger partial charge in [0.1, 0.15) is 12.1 Å². The third-order valence-corrected chi connectivity index (χ3v) is 7.23. The molecule has 0 fully saturated rings. The molecular formula is C39H62N2O7. The van der Waals surface area contributed by atoms with Crippen LogP contribution in [0.15, 0.2) is 72.9 Å². The zero-order valence-electron chi connectivity index (χ0n) is 29.5. The van der Waals surface area contributed by atoms with Gasteiger partial charge in [0.05, 0.1) is 13.2 Å². The van der Waals surface area contributed by atoms with Crippen molar-refractivity contribution in [2.45, 2.75) is 135 Å². The number of nitrogens with one attached hydrogen (secondary N) is 2. The van der Waals surface area contributed by atoms with Gasteiger partial charge in [0.2, 0.25) is 11.8 Å². The molecule has 0 saturated carbocycles. The number of esters is 1. The minimum atomic E-state index is -1.40. The lowest BCUT2D eigenvalue weighted by atomic mass is 10.0. The van der Waals surface area contributed by atoms with E-state index in [1.165, 1.54) is 0 Å². The number of aliphatic carboxylic acids is 1. The fourth-order valence-electron chi connectivity index (χ4n) is 4.50. The molecule has 2 atom stereocenters. The number of ether oxygens (including phenoxy) is 1. The summed E-state index contributed by atoms with van der Waals surface area (Å²) < 4.78 is 5.80. The molecule has 9 nitrogen and oxygen atoms in total. The van der Waals surface area contributed by atoms with Crippen molar-refractivity contribution >= 4 is 23.8 Å². The Morgan fingerprint density at radius 2 is 1.17 bits per heavy atom. The van der Waals surface area contributed by atoms with E-state index in [1.54, 1.807) is 0 Å². The van der Waals surface area contributed by atoms with E-state index >= 15 is 0 Å². The predicted molar refractivity (Wildman–Crippen MR) is 194 cm³/mol. The lowest BCUT2D eigenvalue weighted by Gasteiger charge is -2.18. The van der Waals surface area contributed by atoms with Crippen LogP contribution in [-0.2, 0) is 23.9 Å². The predicted octanol–water partition coefficient (Wildman–Crippen LogP) is 7.58. The van der Waals surface area contributed by atoms with Crippen LogP contribution in [0, 0.1) is 0 Å². The van der Waals surface area contributed by atoms with Gasteiger partial charge in [0.25, 0.3) is 0 Å². The van der Waals surface area contributed by atoms with E-state index < -0.39 is 24.5 Å².